The van der Waals surface area contributed by atoms with Crippen molar-refractivity contribution >= 4 is 22.4 Å². The number of aromatic nitrogens is 2. The second-order valence-corrected chi connectivity index (χ2v) is 5.99. The first-order chi connectivity index (χ1) is 11.6. The number of aliphatic hydroxyl groups excluding tert-OH is 1. The van der Waals surface area contributed by atoms with Gasteiger partial charge in [-0.3, -0.25) is 5.41 Å². The maximum atomic E-state index is 10.4. The van der Waals surface area contributed by atoms with Gasteiger partial charge < -0.3 is 15.0 Å². The topological polar surface area (TPSA) is 76.0 Å². The Morgan fingerprint density at radius 2 is 1.83 bits per heavy atom. The van der Waals surface area contributed by atoms with E-state index in [-0.39, 0.29) is 11.8 Å². The number of fused-ring (bicyclic) bond motifs is 1. The molecule has 0 aliphatic carbocycles. The second kappa shape index (κ2) is 5.53. The molecular weight excluding hydrogens is 300 g/mol. The summed E-state index contributed by atoms with van der Waals surface area (Å²) >= 11 is 0. The molecule has 2 heterocycles. The molecule has 1 aliphatic heterocycles. The predicted molar refractivity (Wildman–Crippen MR) is 94.9 cm³/mol. The van der Waals surface area contributed by atoms with Crippen LogP contribution in [0, 0.1) is 5.41 Å². The lowest BCUT2D eigenvalue weighted by Crippen LogP contribution is -2.29. The van der Waals surface area contributed by atoms with Crippen LogP contribution in [0.4, 0.5) is 0 Å². The third-order valence-electron chi connectivity index (χ3n) is 4.51. The summed E-state index contributed by atoms with van der Waals surface area (Å²) in [5, 5.41) is 19.0. The number of nitrogens with one attached hydrogen (secondary N) is 2. The van der Waals surface area contributed by atoms with Crippen molar-refractivity contribution in [2.75, 3.05) is 6.54 Å². The number of hydrogen-bond donors (Lipinski definition) is 3. The molecule has 3 N–H and O–H groups in total. The van der Waals surface area contributed by atoms with Gasteiger partial charge in [0.2, 0.25) is 0 Å². The molecule has 0 bridgehead atoms. The first-order valence-corrected chi connectivity index (χ1v) is 7.93. The maximum Gasteiger partial charge on any atom is 0.145 e. The van der Waals surface area contributed by atoms with Crippen molar-refractivity contribution in [2.45, 2.75) is 13.0 Å². The van der Waals surface area contributed by atoms with E-state index in [1.807, 2.05) is 66.4 Å². The highest BCUT2D eigenvalue weighted by molar-refractivity contribution is 6.23. The fourth-order valence-corrected chi connectivity index (χ4v) is 3.16. The van der Waals surface area contributed by atoms with E-state index in [4.69, 9.17) is 5.41 Å². The molecule has 0 radical (unpaired) electrons. The fourth-order valence-electron chi connectivity index (χ4n) is 3.16. The number of hydrogen-bond acceptors (Lipinski definition) is 3. The lowest BCUT2D eigenvalue weighted by molar-refractivity contribution is 0.310. The van der Waals surface area contributed by atoms with Gasteiger partial charge in [0.05, 0.1) is 29.2 Å². The van der Waals surface area contributed by atoms with E-state index in [1.54, 1.807) is 0 Å². The quantitative estimate of drug-likeness (QED) is 0.686. The number of nitrogens with zero attached hydrogens (tertiary/aromatic N) is 2. The summed E-state index contributed by atoms with van der Waals surface area (Å²) in [6.45, 7) is 2.36. The predicted octanol–water partition coefficient (Wildman–Crippen LogP) is 3.89. The van der Waals surface area contributed by atoms with Crippen LogP contribution >= 0.6 is 0 Å². The molecule has 2 aromatic carbocycles. The number of aromatic amines is 1. The Kier molecular flexibility index (Phi) is 3.34. The summed E-state index contributed by atoms with van der Waals surface area (Å²) in [6, 6.07) is 17.7. The van der Waals surface area contributed by atoms with Crippen molar-refractivity contribution in [3.05, 3.63) is 71.7 Å². The molecule has 1 aromatic heterocycles. The highest BCUT2D eigenvalue weighted by atomic mass is 16.3. The van der Waals surface area contributed by atoms with Crippen molar-refractivity contribution in [2.24, 2.45) is 0 Å². The number of aliphatic hydroxyl groups is 1. The third kappa shape index (κ3) is 2.25. The Hall–Kier alpha value is -3.08. The molecule has 4 rings (SSSR count). The Morgan fingerprint density at radius 1 is 1.12 bits per heavy atom. The SMILES string of the molecule is C[C@@H](c1ccccc1)N1CC(O)=C(c2nc3ccccc3[nH]2)C1=N. The largest absolute Gasteiger partial charge is 0.510 e. The van der Waals surface area contributed by atoms with E-state index in [9.17, 15) is 5.11 Å². The highest BCUT2D eigenvalue weighted by Gasteiger charge is 2.33. The Morgan fingerprint density at radius 3 is 2.58 bits per heavy atom. The number of amidine groups is 1. The van der Waals surface area contributed by atoms with Gasteiger partial charge in [0, 0.05) is 0 Å². The minimum Gasteiger partial charge on any atom is -0.510 e. The normalized spacial score (nSPS) is 16.2. The molecule has 5 nitrogen and oxygen atoms in total. The van der Waals surface area contributed by atoms with Gasteiger partial charge in [-0.25, -0.2) is 4.98 Å². The Balaban J connectivity index is 1.68. The number of benzene rings is 2. The van der Waals surface area contributed by atoms with Crippen LogP contribution in [0.15, 0.2) is 60.4 Å². The first-order valence-electron chi connectivity index (χ1n) is 7.93. The first kappa shape index (κ1) is 14.5. The zero-order chi connectivity index (χ0) is 16.7. The van der Waals surface area contributed by atoms with Crippen LogP contribution in [0.2, 0.25) is 0 Å². The van der Waals surface area contributed by atoms with E-state index in [2.05, 4.69) is 9.97 Å². The van der Waals surface area contributed by atoms with Crippen LogP contribution in [-0.4, -0.2) is 32.4 Å². The molecule has 1 aliphatic rings. The molecule has 3 aromatic rings. The van der Waals surface area contributed by atoms with Crippen molar-refractivity contribution in [1.29, 1.82) is 5.41 Å². The average Bonchev–Trinajstić information content (AvgIpc) is 3.15. The maximum absolute atomic E-state index is 10.4. The van der Waals surface area contributed by atoms with Gasteiger partial charge in [-0.1, -0.05) is 42.5 Å². The van der Waals surface area contributed by atoms with Crippen molar-refractivity contribution < 1.29 is 5.11 Å². The lowest BCUT2D eigenvalue weighted by Gasteiger charge is -2.26. The van der Waals surface area contributed by atoms with Gasteiger partial charge in [0.25, 0.3) is 0 Å². The van der Waals surface area contributed by atoms with E-state index < -0.39 is 0 Å². The van der Waals surface area contributed by atoms with E-state index >= 15 is 0 Å². The van der Waals surface area contributed by atoms with Crippen LogP contribution in [0.1, 0.15) is 24.4 Å². The summed E-state index contributed by atoms with van der Waals surface area (Å²) in [4.78, 5) is 9.60. The van der Waals surface area contributed by atoms with E-state index in [0.717, 1.165) is 16.6 Å². The summed E-state index contributed by atoms with van der Waals surface area (Å²) in [6.07, 6.45) is 0. The molecule has 0 fully saturated rings. The molecule has 0 amide bonds. The minimum atomic E-state index is 0.00253. The highest BCUT2D eigenvalue weighted by Crippen LogP contribution is 2.32. The number of H-pyrrole nitrogens is 1. The Bertz CT molecular complexity index is 909. The van der Waals surface area contributed by atoms with Gasteiger partial charge >= 0.3 is 0 Å². The molecule has 1 atom stereocenters. The van der Waals surface area contributed by atoms with Crippen LogP contribution in [-0.2, 0) is 0 Å². The third-order valence-corrected chi connectivity index (χ3v) is 4.51. The molecule has 0 saturated heterocycles. The fraction of sp³-hybridized carbons (Fsp3) is 0.158. The molecule has 24 heavy (non-hydrogen) atoms. The number of para-hydroxylation sites is 2. The lowest BCUT2D eigenvalue weighted by atomic mass is 10.1. The average molecular weight is 318 g/mol. The molecule has 0 spiro atoms. The molecule has 0 saturated carbocycles. The van der Waals surface area contributed by atoms with Crippen molar-refractivity contribution in [3.8, 4) is 0 Å². The van der Waals surface area contributed by atoms with E-state index in [1.165, 1.54) is 0 Å². The van der Waals surface area contributed by atoms with E-state index in [0.29, 0.717) is 23.8 Å². The monoisotopic (exact) mass is 318 g/mol. The van der Waals surface area contributed by atoms with Gasteiger partial charge in [0.1, 0.15) is 17.4 Å². The van der Waals surface area contributed by atoms with Crippen molar-refractivity contribution in [3.63, 3.8) is 0 Å². The van der Waals surface area contributed by atoms with Crippen LogP contribution in [0.5, 0.6) is 0 Å². The van der Waals surface area contributed by atoms with Crippen LogP contribution < -0.4 is 0 Å². The van der Waals surface area contributed by atoms with Gasteiger partial charge in [0.15, 0.2) is 0 Å². The van der Waals surface area contributed by atoms with Crippen LogP contribution in [0.25, 0.3) is 16.6 Å². The van der Waals surface area contributed by atoms with Crippen LogP contribution in [0.3, 0.4) is 0 Å². The molecule has 120 valence electrons. The zero-order valence-corrected chi connectivity index (χ0v) is 13.3. The standard InChI is InChI=1S/C19H18N4O/c1-12(13-7-3-2-4-8-13)23-11-16(24)17(18(23)20)19-21-14-9-5-6-10-15(14)22-19/h2-10,12,20,24H,11H2,1H3,(H,21,22)/t12-/m0/s1. The summed E-state index contributed by atoms with van der Waals surface area (Å²) in [5.41, 5.74) is 3.32. The molecule has 5 heteroatoms. The second-order valence-electron chi connectivity index (χ2n) is 5.99. The zero-order valence-electron chi connectivity index (χ0n) is 13.3. The summed E-state index contributed by atoms with van der Waals surface area (Å²) < 4.78 is 0. The number of imidazole rings is 1. The van der Waals surface area contributed by atoms with Gasteiger partial charge in [-0.05, 0) is 24.6 Å². The minimum absolute atomic E-state index is 0.00253. The van der Waals surface area contributed by atoms with Crippen molar-refractivity contribution in [1.82, 2.24) is 14.9 Å². The van der Waals surface area contributed by atoms with Gasteiger partial charge in [-0.2, -0.15) is 0 Å². The smallest absolute Gasteiger partial charge is 0.145 e. The summed E-state index contributed by atoms with van der Waals surface area (Å²) in [7, 11) is 0. The van der Waals surface area contributed by atoms with Gasteiger partial charge in [-0.15, -0.1) is 0 Å². The number of rotatable bonds is 3. The molecular formula is C19H18N4O. The molecule has 0 unspecified atom stereocenters. The Labute approximate surface area is 139 Å². The summed E-state index contributed by atoms with van der Waals surface area (Å²) in [5.74, 6) is 1.02.